The molecule has 7 nitrogen and oxygen atoms in total. The number of carbonyl (C=O) groups is 1. The van der Waals surface area contributed by atoms with Crippen molar-refractivity contribution in [3.05, 3.63) is 65.4 Å². The van der Waals surface area contributed by atoms with E-state index in [1.54, 1.807) is 11.9 Å². The zero-order valence-electron chi connectivity index (χ0n) is 18.3. The molecule has 31 heavy (non-hydrogen) atoms. The highest BCUT2D eigenvalue weighted by Crippen LogP contribution is 2.28. The lowest BCUT2D eigenvalue weighted by Gasteiger charge is -2.18. The van der Waals surface area contributed by atoms with E-state index in [-0.39, 0.29) is 10.8 Å². The van der Waals surface area contributed by atoms with Crippen molar-refractivity contribution in [3.63, 3.8) is 0 Å². The lowest BCUT2D eigenvalue weighted by molar-refractivity contribution is -0.0258. The number of hydrogen-bond donors (Lipinski definition) is 0. The van der Waals surface area contributed by atoms with Crippen LogP contribution in [0.5, 0.6) is 0 Å². The summed E-state index contributed by atoms with van der Waals surface area (Å²) in [6.45, 7) is 2.54. The molecule has 2 aromatic carbocycles. The monoisotopic (exact) mass is 444 g/mol. The minimum atomic E-state index is -3.76. The van der Waals surface area contributed by atoms with Crippen molar-refractivity contribution in [1.82, 2.24) is 9.37 Å². The Bertz CT molecular complexity index is 1150. The number of rotatable bonds is 9. The summed E-state index contributed by atoms with van der Waals surface area (Å²) in [5.74, 6) is 0.711. The van der Waals surface area contributed by atoms with Crippen LogP contribution in [-0.4, -0.2) is 44.9 Å². The number of amides is 1. The third kappa shape index (κ3) is 4.81. The van der Waals surface area contributed by atoms with Gasteiger partial charge in [0.25, 0.3) is 15.9 Å². The molecule has 0 fully saturated rings. The van der Waals surface area contributed by atoms with Gasteiger partial charge in [0.1, 0.15) is 11.3 Å². The van der Waals surface area contributed by atoms with Crippen LogP contribution in [0.2, 0.25) is 0 Å². The summed E-state index contributed by atoms with van der Waals surface area (Å²) in [5, 5.41) is 1.01. The van der Waals surface area contributed by atoms with Crippen molar-refractivity contribution < 1.29 is 22.5 Å². The van der Waals surface area contributed by atoms with Gasteiger partial charge in [0.15, 0.2) is 0 Å². The molecule has 0 radical (unpaired) electrons. The molecule has 0 aliphatic rings. The number of para-hydroxylation sites is 1. The highest BCUT2D eigenvalue weighted by atomic mass is 32.2. The number of furan rings is 1. The molecule has 1 amide bonds. The molecular weight excluding hydrogens is 416 g/mol. The van der Waals surface area contributed by atoms with Gasteiger partial charge in [-0.3, -0.25) is 9.63 Å². The molecule has 0 unspecified atom stereocenters. The van der Waals surface area contributed by atoms with Crippen molar-refractivity contribution >= 4 is 26.9 Å². The largest absolute Gasteiger partial charge is 0.461 e. The van der Waals surface area contributed by atoms with Gasteiger partial charge >= 0.3 is 0 Å². The lowest BCUT2D eigenvalue weighted by Crippen LogP contribution is -2.27. The topological polar surface area (TPSA) is 80.1 Å². The number of unbranched alkanes of at least 4 members (excludes halogenated alkanes) is 1. The Morgan fingerprint density at radius 2 is 1.74 bits per heavy atom. The quantitative estimate of drug-likeness (QED) is 0.462. The number of benzene rings is 2. The predicted octanol–water partition coefficient (Wildman–Crippen LogP) is 4.23. The molecule has 166 valence electrons. The van der Waals surface area contributed by atoms with Crippen LogP contribution in [-0.2, 0) is 27.8 Å². The molecule has 0 aliphatic carbocycles. The molecular formula is C23H28N2O5S. The second-order valence-corrected chi connectivity index (χ2v) is 9.32. The van der Waals surface area contributed by atoms with E-state index >= 15 is 0 Å². The summed E-state index contributed by atoms with van der Waals surface area (Å²) in [6.07, 6.45) is 2.89. The third-order valence-electron chi connectivity index (χ3n) is 5.28. The Balaban J connectivity index is 1.83. The van der Waals surface area contributed by atoms with Crippen LogP contribution in [0.25, 0.3) is 11.0 Å². The summed E-state index contributed by atoms with van der Waals surface area (Å²) in [4.78, 5) is 19.5. The number of sulfonamides is 1. The first-order valence-corrected chi connectivity index (χ1v) is 11.6. The molecule has 0 atom stereocenters. The molecule has 1 aromatic heterocycles. The second-order valence-electron chi connectivity index (χ2n) is 7.39. The normalized spacial score (nSPS) is 11.9. The SMILES string of the molecule is CCCCc1oc2ccccc2c1CN(C)C(=O)c1ccc(S(=O)(=O)N(C)OC)cc1. The average Bonchev–Trinajstić information content (AvgIpc) is 3.13. The van der Waals surface area contributed by atoms with Gasteiger partial charge in [0.2, 0.25) is 0 Å². The molecule has 8 heteroatoms. The number of hydrogen-bond acceptors (Lipinski definition) is 5. The van der Waals surface area contributed by atoms with Gasteiger partial charge in [-0.1, -0.05) is 36.0 Å². The van der Waals surface area contributed by atoms with E-state index in [2.05, 4.69) is 6.92 Å². The average molecular weight is 445 g/mol. The Kier molecular flexibility index (Phi) is 7.15. The van der Waals surface area contributed by atoms with Gasteiger partial charge in [0.05, 0.1) is 12.0 Å². The van der Waals surface area contributed by atoms with E-state index in [0.29, 0.717) is 12.1 Å². The minimum Gasteiger partial charge on any atom is -0.461 e. The number of fused-ring (bicyclic) bond motifs is 1. The highest BCUT2D eigenvalue weighted by Gasteiger charge is 2.22. The summed E-state index contributed by atoms with van der Waals surface area (Å²) in [5.41, 5.74) is 2.24. The Morgan fingerprint density at radius 1 is 1.06 bits per heavy atom. The maximum Gasteiger partial charge on any atom is 0.264 e. The molecule has 3 rings (SSSR count). The van der Waals surface area contributed by atoms with Gasteiger partial charge in [-0.15, -0.1) is 0 Å². The fraction of sp³-hybridized carbons (Fsp3) is 0.348. The fourth-order valence-electron chi connectivity index (χ4n) is 3.41. The maximum absolute atomic E-state index is 13.0. The fourth-order valence-corrected chi connectivity index (χ4v) is 4.38. The van der Waals surface area contributed by atoms with Crippen molar-refractivity contribution in [2.24, 2.45) is 0 Å². The van der Waals surface area contributed by atoms with Gasteiger partial charge in [-0.2, -0.15) is 0 Å². The van der Waals surface area contributed by atoms with Crippen molar-refractivity contribution in [2.75, 3.05) is 21.2 Å². The van der Waals surface area contributed by atoms with E-state index < -0.39 is 10.0 Å². The van der Waals surface area contributed by atoms with Crippen LogP contribution in [0.3, 0.4) is 0 Å². The number of carbonyl (C=O) groups excluding carboxylic acids is 1. The molecule has 0 saturated carbocycles. The van der Waals surface area contributed by atoms with E-state index in [1.165, 1.54) is 38.4 Å². The van der Waals surface area contributed by atoms with Gasteiger partial charge in [-0.25, -0.2) is 8.42 Å². The van der Waals surface area contributed by atoms with Crippen LogP contribution in [0.1, 0.15) is 41.4 Å². The number of aryl methyl sites for hydroxylation is 1. The van der Waals surface area contributed by atoms with Crippen LogP contribution >= 0.6 is 0 Å². The van der Waals surface area contributed by atoms with Crippen LogP contribution in [0.4, 0.5) is 0 Å². The van der Waals surface area contributed by atoms with Crippen LogP contribution < -0.4 is 0 Å². The standard InChI is InChI=1S/C23H28N2O5S/c1-5-6-10-22-20(19-9-7-8-11-21(19)30-22)16-24(2)23(26)17-12-14-18(15-13-17)31(27,28)25(3)29-4/h7-9,11-15H,5-6,10,16H2,1-4H3. The van der Waals surface area contributed by atoms with Gasteiger partial charge in [0, 0.05) is 43.6 Å². The highest BCUT2D eigenvalue weighted by molar-refractivity contribution is 7.89. The van der Waals surface area contributed by atoms with Crippen LogP contribution in [0, 0.1) is 0 Å². The van der Waals surface area contributed by atoms with Crippen molar-refractivity contribution in [3.8, 4) is 0 Å². The van der Waals surface area contributed by atoms with E-state index in [0.717, 1.165) is 46.0 Å². The Hall–Kier alpha value is -2.68. The molecule has 0 saturated heterocycles. The first-order valence-electron chi connectivity index (χ1n) is 10.2. The van der Waals surface area contributed by atoms with E-state index in [9.17, 15) is 13.2 Å². The smallest absolute Gasteiger partial charge is 0.264 e. The summed E-state index contributed by atoms with van der Waals surface area (Å²) in [6, 6.07) is 13.7. The number of nitrogens with zero attached hydrogens (tertiary/aromatic N) is 2. The summed E-state index contributed by atoms with van der Waals surface area (Å²) >= 11 is 0. The lowest BCUT2D eigenvalue weighted by atomic mass is 10.1. The van der Waals surface area contributed by atoms with E-state index in [4.69, 9.17) is 9.25 Å². The van der Waals surface area contributed by atoms with Crippen LogP contribution in [0.15, 0.2) is 57.8 Å². The molecule has 0 aliphatic heterocycles. The molecule has 0 bridgehead atoms. The summed E-state index contributed by atoms with van der Waals surface area (Å²) in [7, 11) is 0.565. The molecule has 0 N–H and O–H groups in total. The maximum atomic E-state index is 13.0. The van der Waals surface area contributed by atoms with Gasteiger partial charge in [-0.05, 0) is 36.8 Å². The van der Waals surface area contributed by atoms with Crippen molar-refractivity contribution in [1.29, 1.82) is 0 Å². The zero-order chi connectivity index (χ0) is 22.6. The zero-order valence-corrected chi connectivity index (χ0v) is 19.1. The molecule has 1 heterocycles. The first-order chi connectivity index (χ1) is 14.8. The predicted molar refractivity (Wildman–Crippen MR) is 119 cm³/mol. The first kappa shape index (κ1) is 23.0. The van der Waals surface area contributed by atoms with Crippen molar-refractivity contribution in [2.45, 2.75) is 37.6 Å². The third-order valence-corrected chi connectivity index (χ3v) is 6.97. The number of hydroxylamine groups is 1. The Morgan fingerprint density at radius 3 is 2.39 bits per heavy atom. The molecule has 0 spiro atoms. The van der Waals surface area contributed by atoms with E-state index in [1.807, 2.05) is 24.3 Å². The molecule has 3 aromatic rings. The minimum absolute atomic E-state index is 0.0544. The summed E-state index contributed by atoms with van der Waals surface area (Å²) < 4.78 is 31.5. The second kappa shape index (κ2) is 9.64. The Labute approximate surface area is 183 Å². The van der Waals surface area contributed by atoms with Gasteiger partial charge < -0.3 is 9.32 Å².